The summed E-state index contributed by atoms with van der Waals surface area (Å²) >= 11 is 0. The van der Waals surface area contributed by atoms with E-state index in [1.54, 1.807) is 11.9 Å². The highest BCUT2D eigenvalue weighted by Gasteiger charge is 2.40. The molecule has 7 nitrogen and oxygen atoms in total. The van der Waals surface area contributed by atoms with Crippen molar-refractivity contribution in [3.63, 3.8) is 0 Å². The molecule has 1 aromatic rings. The number of fused-ring (bicyclic) bond motifs is 1. The number of nitrogens with two attached hydrogens (primary N) is 1. The van der Waals surface area contributed by atoms with Gasteiger partial charge in [-0.25, -0.2) is 14.4 Å². The van der Waals surface area contributed by atoms with Gasteiger partial charge in [0.25, 0.3) is 0 Å². The van der Waals surface area contributed by atoms with E-state index in [0.29, 0.717) is 17.1 Å². The van der Waals surface area contributed by atoms with E-state index in [-0.39, 0.29) is 0 Å². The molecular formula is C13H16FN5O2. The maximum absolute atomic E-state index is 14.3. The van der Waals surface area contributed by atoms with E-state index in [2.05, 4.69) is 16.6 Å². The number of hydrogen-bond donors (Lipinski definition) is 3. The van der Waals surface area contributed by atoms with E-state index in [1.807, 2.05) is 0 Å². The van der Waals surface area contributed by atoms with Gasteiger partial charge < -0.3 is 25.4 Å². The van der Waals surface area contributed by atoms with Gasteiger partial charge in [-0.2, -0.15) is 0 Å². The molecule has 1 aromatic heterocycles. The van der Waals surface area contributed by atoms with Gasteiger partial charge in [-0.1, -0.05) is 6.58 Å². The number of aliphatic hydroxyl groups excluding tert-OH is 2. The van der Waals surface area contributed by atoms with Crippen LogP contribution in [-0.2, 0) is 0 Å². The van der Waals surface area contributed by atoms with Crippen molar-refractivity contribution in [1.82, 2.24) is 14.5 Å². The summed E-state index contributed by atoms with van der Waals surface area (Å²) in [5.74, 6) is -1.62. The molecule has 3 atom stereocenters. The lowest BCUT2D eigenvalue weighted by atomic mass is 10.0. The second-order valence-corrected chi connectivity index (χ2v) is 5.16. The first-order valence-electron chi connectivity index (χ1n) is 6.43. The van der Waals surface area contributed by atoms with Crippen molar-refractivity contribution < 1.29 is 14.6 Å². The molecule has 0 amide bonds. The largest absolute Gasteiger partial charge is 0.509 e. The molecule has 0 spiro atoms. The highest BCUT2D eigenvalue weighted by Crippen LogP contribution is 2.45. The average molecular weight is 293 g/mol. The lowest BCUT2D eigenvalue weighted by molar-refractivity contribution is 0.225. The quantitative estimate of drug-likeness (QED) is 0.704. The van der Waals surface area contributed by atoms with E-state index >= 15 is 0 Å². The zero-order valence-electron chi connectivity index (χ0n) is 11.4. The second kappa shape index (κ2) is 4.68. The van der Waals surface area contributed by atoms with Crippen molar-refractivity contribution in [2.24, 2.45) is 16.6 Å². The SMILES string of the molecule is C=C1[C@H](CO)C(O)=C(F)[C@@H]1n1cnc2c1N=CN(C)C2N. The number of imidazole rings is 1. The summed E-state index contributed by atoms with van der Waals surface area (Å²) < 4.78 is 15.8. The van der Waals surface area contributed by atoms with Crippen molar-refractivity contribution >= 4 is 12.2 Å². The fraction of sp³-hybridized carbons (Fsp3) is 0.385. The molecule has 3 rings (SSSR count). The zero-order chi connectivity index (χ0) is 15.3. The first-order valence-corrected chi connectivity index (χ1v) is 6.43. The van der Waals surface area contributed by atoms with Gasteiger partial charge in [0, 0.05) is 7.05 Å². The van der Waals surface area contributed by atoms with Crippen LogP contribution in [0, 0.1) is 5.92 Å². The predicted molar refractivity (Wildman–Crippen MR) is 74.6 cm³/mol. The Morgan fingerprint density at radius 3 is 2.86 bits per heavy atom. The number of aliphatic imine (C=N–C) groups is 1. The second-order valence-electron chi connectivity index (χ2n) is 5.16. The van der Waals surface area contributed by atoms with Crippen LogP contribution in [0.5, 0.6) is 0 Å². The number of nitrogens with zero attached hydrogens (tertiary/aromatic N) is 4. The molecule has 0 bridgehead atoms. The number of aliphatic hydroxyl groups is 2. The third kappa shape index (κ3) is 1.79. The smallest absolute Gasteiger partial charge is 0.165 e. The molecule has 2 aliphatic rings. The van der Waals surface area contributed by atoms with Crippen molar-refractivity contribution in [3.8, 4) is 0 Å². The number of rotatable bonds is 2. The lowest BCUT2D eigenvalue weighted by Gasteiger charge is -2.25. The van der Waals surface area contributed by atoms with Crippen molar-refractivity contribution in [2.75, 3.05) is 13.7 Å². The minimum atomic E-state index is -0.925. The summed E-state index contributed by atoms with van der Waals surface area (Å²) in [6.45, 7) is 3.38. The molecule has 0 saturated carbocycles. The standard InChI is InChI=1S/C13H16FN5O2/c1-6-7(3-20)11(21)8(14)10(6)19-5-16-9-12(15)18(2)4-17-13(9)19/h4-5,7,10,12,20-21H,1,3,15H2,2H3/t7-,10+,12?/m0/s1. The molecule has 0 fully saturated rings. The van der Waals surface area contributed by atoms with Crippen molar-refractivity contribution in [3.05, 3.63) is 35.8 Å². The predicted octanol–water partition coefficient (Wildman–Crippen LogP) is 0.904. The first-order chi connectivity index (χ1) is 9.97. The molecule has 0 aromatic carbocycles. The molecule has 8 heteroatoms. The van der Waals surface area contributed by atoms with Crippen LogP contribution in [0.2, 0.25) is 0 Å². The van der Waals surface area contributed by atoms with Crippen LogP contribution < -0.4 is 5.73 Å². The average Bonchev–Trinajstić information content (AvgIpc) is 2.96. The zero-order valence-corrected chi connectivity index (χ0v) is 11.4. The first kappa shape index (κ1) is 13.8. The van der Waals surface area contributed by atoms with Gasteiger partial charge in [0.15, 0.2) is 11.6 Å². The minimum absolute atomic E-state index is 0.357. The fourth-order valence-corrected chi connectivity index (χ4v) is 2.65. The molecule has 1 aliphatic heterocycles. The highest BCUT2D eigenvalue weighted by molar-refractivity contribution is 5.65. The van der Waals surface area contributed by atoms with Gasteiger partial charge in [0.1, 0.15) is 23.7 Å². The van der Waals surface area contributed by atoms with E-state index in [4.69, 9.17) is 5.73 Å². The monoisotopic (exact) mass is 293 g/mol. The Balaban J connectivity index is 2.07. The Hall–Kier alpha value is -2.19. The Morgan fingerprint density at radius 2 is 2.24 bits per heavy atom. The normalized spacial score (nSPS) is 28.5. The topological polar surface area (TPSA) is 99.9 Å². The number of hydrogen-bond acceptors (Lipinski definition) is 6. The third-order valence-corrected chi connectivity index (χ3v) is 3.95. The summed E-state index contributed by atoms with van der Waals surface area (Å²) in [7, 11) is 1.76. The van der Waals surface area contributed by atoms with E-state index in [9.17, 15) is 14.6 Å². The van der Waals surface area contributed by atoms with Crippen LogP contribution >= 0.6 is 0 Å². The van der Waals surface area contributed by atoms with Crippen LogP contribution in [0.3, 0.4) is 0 Å². The van der Waals surface area contributed by atoms with Crippen LogP contribution in [-0.4, -0.2) is 44.7 Å². The Kier molecular flexibility index (Phi) is 3.07. The number of aromatic nitrogens is 2. The Labute approximate surface area is 120 Å². The van der Waals surface area contributed by atoms with Gasteiger partial charge in [-0.05, 0) is 5.57 Å². The molecule has 112 valence electrons. The maximum atomic E-state index is 14.3. The molecule has 1 aliphatic carbocycles. The van der Waals surface area contributed by atoms with Gasteiger partial charge in [-0.3, -0.25) is 0 Å². The van der Waals surface area contributed by atoms with E-state index in [0.717, 1.165) is 0 Å². The lowest BCUT2D eigenvalue weighted by Crippen LogP contribution is -2.32. The maximum Gasteiger partial charge on any atom is 0.165 e. The third-order valence-electron chi connectivity index (χ3n) is 3.95. The van der Waals surface area contributed by atoms with Gasteiger partial charge >= 0.3 is 0 Å². The van der Waals surface area contributed by atoms with Crippen LogP contribution in [0.15, 0.2) is 35.1 Å². The number of allylic oxidation sites excluding steroid dienone is 1. The number of halogens is 1. The molecule has 0 saturated heterocycles. The van der Waals surface area contributed by atoms with E-state index in [1.165, 1.54) is 17.2 Å². The van der Waals surface area contributed by atoms with Crippen molar-refractivity contribution in [1.29, 1.82) is 0 Å². The van der Waals surface area contributed by atoms with Gasteiger partial charge in [0.05, 0.1) is 25.2 Å². The van der Waals surface area contributed by atoms with Gasteiger partial charge in [0.2, 0.25) is 0 Å². The van der Waals surface area contributed by atoms with E-state index < -0.39 is 36.3 Å². The minimum Gasteiger partial charge on any atom is -0.509 e. The summed E-state index contributed by atoms with van der Waals surface area (Å²) in [5, 5.41) is 19.0. The highest BCUT2D eigenvalue weighted by atomic mass is 19.1. The van der Waals surface area contributed by atoms with Crippen LogP contribution in [0.1, 0.15) is 17.9 Å². The summed E-state index contributed by atoms with van der Waals surface area (Å²) in [5.41, 5.74) is 6.87. The van der Waals surface area contributed by atoms with Crippen molar-refractivity contribution in [2.45, 2.75) is 12.2 Å². The Morgan fingerprint density at radius 1 is 1.52 bits per heavy atom. The Bertz CT molecular complexity index is 666. The van der Waals surface area contributed by atoms with Gasteiger partial charge in [-0.15, -0.1) is 0 Å². The molecule has 21 heavy (non-hydrogen) atoms. The van der Waals surface area contributed by atoms with Crippen LogP contribution in [0.4, 0.5) is 10.2 Å². The fourth-order valence-electron chi connectivity index (χ4n) is 2.65. The molecular weight excluding hydrogens is 277 g/mol. The molecule has 0 radical (unpaired) electrons. The molecule has 4 N–H and O–H groups in total. The molecule has 1 unspecified atom stereocenters. The van der Waals surface area contributed by atoms with Crippen LogP contribution in [0.25, 0.3) is 0 Å². The summed E-state index contributed by atoms with van der Waals surface area (Å²) in [6, 6.07) is -0.925. The summed E-state index contributed by atoms with van der Waals surface area (Å²) in [6.07, 6.45) is 2.49. The molecule has 2 heterocycles. The summed E-state index contributed by atoms with van der Waals surface area (Å²) in [4.78, 5) is 10.1.